The van der Waals surface area contributed by atoms with Gasteiger partial charge in [0.1, 0.15) is 0 Å². The van der Waals surface area contributed by atoms with Crippen molar-refractivity contribution >= 4 is 0 Å². The van der Waals surface area contributed by atoms with Crippen LogP contribution in [0.25, 0.3) is 0 Å². The molecule has 0 aliphatic rings. The molecule has 1 atom stereocenters. The zero-order chi connectivity index (χ0) is 23.2. The second-order valence-corrected chi connectivity index (χ2v) is 5.73. The molecule has 0 saturated carbocycles. The largest absolute Gasteiger partial charge is 0.460 e. The molecule has 170 valence electrons. The quantitative estimate of drug-likeness (QED) is 0.341. The maximum atomic E-state index is 13.4. The van der Waals surface area contributed by atoms with Crippen LogP contribution in [0.5, 0.6) is 0 Å². The molecule has 0 aliphatic carbocycles. The first-order valence-electron chi connectivity index (χ1n) is 6.94. The summed E-state index contributed by atoms with van der Waals surface area (Å²) in [6, 6.07) is 0. The normalized spacial score (nSPS) is 17.0. The fraction of sp³-hybridized carbons (Fsp3) is 1.00. The second-order valence-electron chi connectivity index (χ2n) is 5.73. The Labute approximate surface area is 145 Å². The first kappa shape index (κ1) is 26.9. The molecule has 0 amide bonds. The van der Waals surface area contributed by atoms with Gasteiger partial charge in [0.15, 0.2) is 0 Å². The van der Waals surface area contributed by atoms with Crippen LogP contribution in [-0.4, -0.2) is 42.0 Å². The molecular weight excluding hydrogens is 448 g/mol. The van der Waals surface area contributed by atoms with Crippen LogP contribution in [0.15, 0.2) is 0 Å². The van der Waals surface area contributed by atoms with Crippen LogP contribution in [0.1, 0.15) is 26.2 Å². The van der Waals surface area contributed by atoms with Crippen molar-refractivity contribution in [1.82, 2.24) is 0 Å². The lowest BCUT2D eigenvalue weighted by molar-refractivity contribution is -0.441. The van der Waals surface area contributed by atoms with E-state index in [0.29, 0.717) is 0 Å². The smallest absolute Gasteiger partial charge is 0.200 e. The summed E-state index contributed by atoms with van der Waals surface area (Å²) in [5.74, 6) is -42.0. The zero-order valence-electron chi connectivity index (χ0n) is 13.2. The minimum absolute atomic E-state index is 0.621. The van der Waals surface area contributed by atoms with E-state index in [1.807, 2.05) is 0 Å². The van der Waals surface area contributed by atoms with Gasteiger partial charge in [-0.2, -0.15) is 70.2 Å². The number of rotatable bonds is 8. The molecule has 0 heterocycles. The lowest BCUT2D eigenvalue weighted by Crippen LogP contribution is -2.70. The van der Waals surface area contributed by atoms with Gasteiger partial charge in [0.05, 0.1) is 5.92 Å². The highest BCUT2D eigenvalue weighted by Crippen LogP contribution is 2.61. The molecule has 0 N–H and O–H groups in total. The molecule has 1 unspecified atom stereocenters. The van der Waals surface area contributed by atoms with Gasteiger partial charge in [-0.25, -0.2) is 0 Å². The first-order valence-corrected chi connectivity index (χ1v) is 6.94. The summed E-state index contributed by atoms with van der Waals surface area (Å²) in [5, 5.41) is 0. The minimum atomic E-state index is -8.12. The van der Waals surface area contributed by atoms with Crippen LogP contribution in [0, 0.1) is 5.92 Å². The predicted molar refractivity (Wildman–Crippen MR) is 59.9 cm³/mol. The van der Waals surface area contributed by atoms with Gasteiger partial charge in [-0.05, 0) is 6.42 Å². The summed E-state index contributed by atoms with van der Waals surface area (Å²) in [5.41, 5.74) is 0. The van der Waals surface area contributed by atoms with Crippen molar-refractivity contribution in [2.45, 2.75) is 68.2 Å². The Morgan fingerprint density at radius 1 is 0.536 bits per heavy atom. The van der Waals surface area contributed by atoms with Gasteiger partial charge in [-0.3, -0.25) is 0 Å². The van der Waals surface area contributed by atoms with Gasteiger partial charge in [-0.1, -0.05) is 13.3 Å². The van der Waals surface area contributed by atoms with Crippen molar-refractivity contribution < 1.29 is 70.2 Å². The lowest BCUT2D eigenvalue weighted by Gasteiger charge is -2.40. The third-order valence-electron chi connectivity index (χ3n) is 3.60. The summed E-state index contributed by atoms with van der Waals surface area (Å²) >= 11 is 0. The van der Waals surface area contributed by atoms with E-state index >= 15 is 0 Å². The van der Waals surface area contributed by atoms with Crippen molar-refractivity contribution in [3.8, 4) is 0 Å². The molecule has 0 saturated heterocycles. The molecule has 0 aromatic rings. The fourth-order valence-electron chi connectivity index (χ4n) is 1.97. The fourth-order valence-corrected chi connectivity index (χ4v) is 1.97. The molecule has 0 fully saturated rings. The standard InChI is InChI=1S/C12H10F16/c1-2-3-5(7(15,16)17)4-6(13,14)8(18,19)9(20,21)10(22,23)11(24,25)12(26,27)28/h5H,2-4H2,1H3. The average Bonchev–Trinajstić information content (AvgIpc) is 2.43. The molecule has 16 heteroatoms. The van der Waals surface area contributed by atoms with Gasteiger partial charge in [-0.15, -0.1) is 0 Å². The number of halogens is 16. The first-order chi connectivity index (χ1) is 11.9. The Kier molecular flexibility index (Phi) is 7.00. The highest BCUT2D eigenvalue weighted by atomic mass is 19.4. The zero-order valence-corrected chi connectivity index (χ0v) is 13.2. The Bertz CT molecular complexity index is 525. The van der Waals surface area contributed by atoms with Crippen LogP contribution < -0.4 is 0 Å². The Morgan fingerprint density at radius 2 is 0.893 bits per heavy atom. The van der Waals surface area contributed by atoms with Crippen LogP contribution in [0.3, 0.4) is 0 Å². The van der Waals surface area contributed by atoms with Gasteiger partial charge >= 0.3 is 42.0 Å². The average molecular weight is 458 g/mol. The van der Waals surface area contributed by atoms with Gasteiger partial charge < -0.3 is 0 Å². The third kappa shape index (κ3) is 4.24. The van der Waals surface area contributed by atoms with E-state index in [2.05, 4.69) is 0 Å². The maximum Gasteiger partial charge on any atom is 0.460 e. The second kappa shape index (κ2) is 7.29. The van der Waals surface area contributed by atoms with Crippen molar-refractivity contribution in [1.29, 1.82) is 0 Å². The summed E-state index contributed by atoms with van der Waals surface area (Å²) in [6.07, 6.45) is -18.5. The molecule has 0 aromatic heterocycles. The summed E-state index contributed by atoms with van der Waals surface area (Å²) < 4.78 is 204. The predicted octanol–water partition coefficient (Wildman–Crippen LogP) is 7.09. The van der Waals surface area contributed by atoms with Gasteiger partial charge in [0.2, 0.25) is 0 Å². The van der Waals surface area contributed by atoms with Gasteiger partial charge in [0, 0.05) is 6.42 Å². The van der Waals surface area contributed by atoms with Crippen LogP contribution in [0.2, 0.25) is 0 Å². The van der Waals surface area contributed by atoms with E-state index in [1.165, 1.54) is 0 Å². The molecule has 0 radical (unpaired) electrons. The third-order valence-corrected chi connectivity index (χ3v) is 3.60. The van der Waals surface area contributed by atoms with E-state index in [4.69, 9.17) is 0 Å². The summed E-state index contributed by atoms with van der Waals surface area (Å²) in [4.78, 5) is 0. The highest BCUT2D eigenvalue weighted by Gasteiger charge is 2.90. The molecule has 0 rings (SSSR count). The molecule has 0 spiro atoms. The molecule has 0 aliphatic heterocycles. The van der Waals surface area contributed by atoms with Crippen LogP contribution in [-0.2, 0) is 0 Å². The van der Waals surface area contributed by atoms with E-state index in [-0.39, 0.29) is 0 Å². The van der Waals surface area contributed by atoms with Crippen molar-refractivity contribution in [2.24, 2.45) is 5.92 Å². The van der Waals surface area contributed by atoms with Crippen molar-refractivity contribution in [2.75, 3.05) is 0 Å². The topological polar surface area (TPSA) is 0 Å². The Hall–Kier alpha value is -1.12. The summed E-state index contributed by atoms with van der Waals surface area (Å²) in [7, 11) is 0. The summed E-state index contributed by atoms with van der Waals surface area (Å²) in [6.45, 7) is 0.918. The lowest BCUT2D eigenvalue weighted by atomic mass is 9.87. The molecule has 0 nitrogen and oxygen atoms in total. The van der Waals surface area contributed by atoms with Crippen molar-refractivity contribution in [3.05, 3.63) is 0 Å². The minimum Gasteiger partial charge on any atom is -0.200 e. The monoisotopic (exact) mass is 458 g/mol. The Balaban J connectivity index is 6.24. The van der Waals surface area contributed by atoms with Crippen LogP contribution in [0.4, 0.5) is 70.2 Å². The molecule has 0 bridgehead atoms. The number of hydrogen-bond donors (Lipinski definition) is 0. The van der Waals surface area contributed by atoms with E-state index in [0.717, 1.165) is 6.92 Å². The van der Waals surface area contributed by atoms with Gasteiger partial charge in [0.25, 0.3) is 0 Å². The van der Waals surface area contributed by atoms with E-state index in [1.54, 1.807) is 0 Å². The van der Waals surface area contributed by atoms with E-state index < -0.39 is 67.1 Å². The van der Waals surface area contributed by atoms with Crippen LogP contribution >= 0.6 is 0 Å². The Morgan fingerprint density at radius 3 is 1.18 bits per heavy atom. The maximum absolute atomic E-state index is 13.4. The molecule has 0 aromatic carbocycles. The van der Waals surface area contributed by atoms with Crippen molar-refractivity contribution in [3.63, 3.8) is 0 Å². The molecular formula is C12H10F16. The molecule has 28 heavy (non-hydrogen) atoms. The number of hydrogen-bond acceptors (Lipinski definition) is 0. The van der Waals surface area contributed by atoms with E-state index in [9.17, 15) is 70.2 Å². The number of alkyl halides is 16. The highest BCUT2D eigenvalue weighted by molar-refractivity contribution is 5.10. The SMILES string of the molecule is CCCC(CC(F)(F)C(F)(F)C(F)(F)C(F)(F)C(F)(F)C(F)(F)F)C(F)(F)F.